The van der Waals surface area contributed by atoms with Gasteiger partial charge in [-0.1, -0.05) is 453 Å². The third-order valence-corrected chi connectivity index (χ3v) is 21.7. The van der Waals surface area contributed by atoms with Crippen molar-refractivity contribution in [1.29, 1.82) is 0 Å². The highest BCUT2D eigenvalue weighted by atomic mass is 16.7. The van der Waals surface area contributed by atoms with E-state index < -0.39 is 18.4 Å². The Morgan fingerprint density at radius 3 is 0.748 bits per heavy atom. The van der Waals surface area contributed by atoms with Crippen LogP contribution in [0.5, 0.6) is 0 Å². The molecule has 0 radical (unpaired) electrons. The number of ether oxygens (including phenoxy) is 4. The Labute approximate surface area is 666 Å². The highest BCUT2D eigenvalue weighted by Gasteiger charge is 2.25. The van der Waals surface area contributed by atoms with Gasteiger partial charge >= 0.3 is 17.9 Å². The van der Waals surface area contributed by atoms with Gasteiger partial charge in [0.15, 0.2) is 6.10 Å². The highest BCUT2D eigenvalue weighted by molar-refractivity contribution is 5.71. The van der Waals surface area contributed by atoms with Gasteiger partial charge in [0.2, 0.25) is 0 Å². The lowest BCUT2D eigenvalue weighted by atomic mass is 10.0. The fourth-order valence-electron chi connectivity index (χ4n) is 14.5. The summed E-state index contributed by atoms with van der Waals surface area (Å²) in [6.07, 6.45) is 117. The van der Waals surface area contributed by atoms with Crippen LogP contribution < -0.4 is 0 Å². The molecule has 107 heavy (non-hydrogen) atoms. The van der Waals surface area contributed by atoms with Crippen LogP contribution in [-0.2, 0) is 33.3 Å². The van der Waals surface area contributed by atoms with E-state index in [1.165, 1.54) is 405 Å². The van der Waals surface area contributed by atoms with Crippen molar-refractivity contribution in [3.05, 3.63) is 60.8 Å². The number of carbonyl (C=O) groups is 3. The van der Waals surface area contributed by atoms with E-state index >= 15 is 0 Å². The molecule has 0 aliphatic carbocycles. The van der Waals surface area contributed by atoms with E-state index in [0.29, 0.717) is 17.4 Å². The Kier molecular flexibility index (Phi) is 86.1. The number of aliphatic carboxylic acids is 1. The summed E-state index contributed by atoms with van der Waals surface area (Å²) in [7, 11) is 6.01. The number of allylic oxidation sites excluding steroid dienone is 10. The van der Waals surface area contributed by atoms with Crippen molar-refractivity contribution >= 4 is 17.9 Å². The molecule has 0 bridgehead atoms. The maximum atomic E-state index is 13.0. The number of quaternary nitrogens is 1. The molecule has 0 heterocycles. The molecule has 0 aromatic rings. The van der Waals surface area contributed by atoms with E-state index in [0.717, 1.165) is 57.8 Å². The van der Waals surface area contributed by atoms with Gasteiger partial charge in [0.25, 0.3) is 6.29 Å². The van der Waals surface area contributed by atoms with Crippen molar-refractivity contribution in [1.82, 2.24) is 0 Å². The van der Waals surface area contributed by atoms with Crippen molar-refractivity contribution in [2.45, 2.75) is 501 Å². The molecule has 0 amide bonds. The summed E-state index contributed by atoms with van der Waals surface area (Å²) in [5.74, 6) is -1.97. The monoisotopic (exact) mass is 1500 g/mol. The van der Waals surface area contributed by atoms with Crippen LogP contribution in [0.3, 0.4) is 0 Å². The molecule has 9 nitrogen and oxygen atoms in total. The summed E-state index contributed by atoms with van der Waals surface area (Å²) in [4.78, 5) is 37.9. The number of hydrogen-bond donors (Lipinski definition) is 1. The molecule has 0 rings (SSSR count). The first kappa shape index (κ1) is 104. The predicted molar refractivity (Wildman–Crippen MR) is 466 cm³/mol. The number of unbranched alkanes of at least 4 members (excludes halogenated alkanes) is 65. The minimum Gasteiger partial charge on any atom is -0.477 e. The summed E-state index contributed by atoms with van der Waals surface area (Å²) in [5.41, 5.74) is 0. The summed E-state index contributed by atoms with van der Waals surface area (Å²) in [5, 5.41) is 9.80. The number of carbonyl (C=O) groups excluding carboxylic acids is 2. The molecule has 628 valence electrons. The van der Waals surface area contributed by atoms with Crippen LogP contribution in [0.4, 0.5) is 0 Å². The van der Waals surface area contributed by atoms with Gasteiger partial charge in [-0.15, -0.1) is 0 Å². The standard InChI is InChI=1S/C98H183NO8/c1-6-8-10-12-14-16-18-20-22-24-26-28-30-32-34-36-38-40-42-44-46-48-50-52-54-56-58-60-62-64-66-68-70-72-74-76-78-80-82-84-86-88-95(100)105-92-94(93-106-98(97(102)103)104-91-90-99(3,4)5)107-96(101)89-87-85-83-81-79-77-75-73-71-69-67-65-63-61-59-57-55-53-51-49-47-45-43-41-39-37-35-33-31-29-27-25-23-21-19-17-15-13-11-9-7-2/h18-21,24-27,31,33,94,98H,6-17,22-23,28-30,32,34-93H2,1-5H3/p+1/b20-18-,21-19-,26-24-,27-25-,33-31-. The maximum Gasteiger partial charge on any atom is 0.361 e. The first-order valence-corrected chi connectivity index (χ1v) is 47.5. The van der Waals surface area contributed by atoms with E-state index in [-0.39, 0.29) is 38.2 Å². The van der Waals surface area contributed by atoms with Gasteiger partial charge in [0.05, 0.1) is 34.4 Å². The van der Waals surface area contributed by atoms with Gasteiger partial charge in [-0.25, -0.2) is 4.79 Å². The molecule has 2 unspecified atom stereocenters. The molecular formula is C98H184NO8+. The van der Waals surface area contributed by atoms with Crippen molar-refractivity contribution in [2.75, 3.05) is 47.5 Å². The average molecular weight is 1500 g/mol. The van der Waals surface area contributed by atoms with Crippen LogP contribution in [0.15, 0.2) is 60.8 Å². The highest BCUT2D eigenvalue weighted by Crippen LogP contribution is 2.21. The van der Waals surface area contributed by atoms with E-state index in [9.17, 15) is 19.5 Å². The SMILES string of the molecule is CCCCCCC/C=C\C/C=C\C/C=C\CCCCCCCCCCCCCCCCCCCCCCCCCCCCC(=O)OC(COC(=O)CCCCCCCCCCCCCCCCCCCCCCCCCCCCCCC/C=C\C/C=C\CCCCCCC)COC(OCC[N+](C)(C)C)C(=O)O. The molecule has 0 aliphatic rings. The lowest BCUT2D eigenvalue weighted by Gasteiger charge is -2.25. The minimum atomic E-state index is -1.51. The van der Waals surface area contributed by atoms with Gasteiger partial charge in [-0.2, -0.15) is 0 Å². The fourth-order valence-corrected chi connectivity index (χ4v) is 14.5. The molecule has 1 N–H and O–H groups in total. The fraction of sp³-hybridized carbons (Fsp3) is 0.867. The lowest BCUT2D eigenvalue weighted by Crippen LogP contribution is -2.40. The molecule has 0 aromatic heterocycles. The van der Waals surface area contributed by atoms with Crippen LogP contribution in [0, 0.1) is 0 Å². The Morgan fingerprint density at radius 1 is 0.280 bits per heavy atom. The Morgan fingerprint density at radius 2 is 0.505 bits per heavy atom. The van der Waals surface area contributed by atoms with Crippen LogP contribution in [0.25, 0.3) is 0 Å². The van der Waals surface area contributed by atoms with E-state index in [2.05, 4.69) is 74.6 Å². The number of nitrogens with zero attached hydrogens (tertiary/aromatic N) is 1. The molecule has 0 aliphatic heterocycles. The van der Waals surface area contributed by atoms with Gasteiger partial charge in [-0.05, 0) is 83.5 Å². The summed E-state index contributed by atoms with van der Waals surface area (Å²) >= 11 is 0. The van der Waals surface area contributed by atoms with Gasteiger partial charge in [-0.3, -0.25) is 9.59 Å². The van der Waals surface area contributed by atoms with E-state index in [1.807, 2.05) is 21.1 Å². The van der Waals surface area contributed by atoms with Gasteiger partial charge in [0, 0.05) is 12.8 Å². The zero-order valence-corrected chi connectivity index (χ0v) is 72.3. The smallest absolute Gasteiger partial charge is 0.361 e. The largest absolute Gasteiger partial charge is 0.477 e. The lowest BCUT2D eigenvalue weighted by molar-refractivity contribution is -0.870. The topological polar surface area (TPSA) is 108 Å². The zero-order chi connectivity index (χ0) is 77.4. The summed E-state index contributed by atoms with van der Waals surface area (Å²) in [6, 6.07) is 0. The number of likely N-dealkylation sites (N-methyl/N-ethyl adjacent to an activating group) is 1. The number of carboxylic acid groups (broad SMARTS) is 1. The normalized spacial score (nSPS) is 12.8. The van der Waals surface area contributed by atoms with Crippen LogP contribution >= 0.6 is 0 Å². The van der Waals surface area contributed by atoms with Crippen LogP contribution in [0.1, 0.15) is 489 Å². The molecule has 2 atom stereocenters. The van der Waals surface area contributed by atoms with E-state index in [4.69, 9.17) is 18.9 Å². The molecule has 0 aromatic carbocycles. The Balaban J connectivity index is 3.87. The van der Waals surface area contributed by atoms with E-state index in [1.54, 1.807) is 0 Å². The molecule has 0 fully saturated rings. The van der Waals surface area contributed by atoms with Crippen molar-refractivity contribution in [2.24, 2.45) is 0 Å². The third kappa shape index (κ3) is 90.1. The first-order valence-electron chi connectivity index (χ1n) is 47.5. The second kappa shape index (κ2) is 88.6. The van der Waals surface area contributed by atoms with Crippen molar-refractivity contribution in [3.63, 3.8) is 0 Å². The number of esters is 2. The van der Waals surface area contributed by atoms with Gasteiger partial charge in [0.1, 0.15) is 13.2 Å². The zero-order valence-electron chi connectivity index (χ0n) is 72.3. The molecular weight excluding hydrogens is 1320 g/mol. The van der Waals surface area contributed by atoms with Crippen molar-refractivity contribution in [3.8, 4) is 0 Å². The maximum absolute atomic E-state index is 13.0. The third-order valence-electron chi connectivity index (χ3n) is 21.7. The number of rotatable bonds is 90. The average Bonchev–Trinajstić information content (AvgIpc) is 0.965. The Hall–Kier alpha value is -3.01. The first-order chi connectivity index (χ1) is 52.6. The minimum absolute atomic E-state index is 0.175. The predicted octanol–water partition coefficient (Wildman–Crippen LogP) is 31.3. The molecule has 0 spiro atoms. The number of carboxylic acids is 1. The molecule has 0 saturated carbocycles. The number of hydrogen-bond acceptors (Lipinski definition) is 7. The summed E-state index contributed by atoms with van der Waals surface area (Å²) < 4.78 is 23.1. The van der Waals surface area contributed by atoms with Crippen LogP contribution in [-0.4, -0.2) is 87.4 Å². The molecule has 9 heteroatoms. The quantitative estimate of drug-likeness (QED) is 0.0211. The Bertz CT molecular complexity index is 1950. The van der Waals surface area contributed by atoms with Crippen molar-refractivity contribution < 1.29 is 42.9 Å². The van der Waals surface area contributed by atoms with Crippen LogP contribution in [0.2, 0.25) is 0 Å². The summed E-state index contributed by atoms with van der Waals surface area (Å²) in [6.45, 7) is 4.94. The molecule has 0 saturated heterocycles. The second-order valence-corrected chi connectivity index (χ2v) is 33.7. The van der Waals surface area contributed by atoms with Gasteiger partial charge < -0.3 is 28.5 Å². The second-order valence-electron chi connectivity index (χ2n) is 33.7.